The zero-order valence-electron chi connectivity index (χ0n) is 24.1. The van der Waals surface area contributed by atoms with Crippen LogP contribution in [0.3, 0.4) is 0 Å². The number of rotatable bonds is 6. The van der Waals surface area contributed by atoms with Crippen molar-refractivity contribution in [1.82, 2.24) is 24.8 Å². The maximum Gasteiger partial charge on any atom is 0.319 e. The molecule has 0 spiro atoms. The number of halogens is 3. The van der Waals surface area contributed by atoms with Crippen molar-refractivity contribution in [2.75, 3.05) is 37.7 Å². The Balaban J connectivity index is 1.19. The van der Waals surface area contributed by atoms with Gasteiger partial charge < -0.3 is 14.5 Å². The number of carbonyl (C=O) groups excluding carboxylic acids is 1. The van der Waals surface area contributed by atoms with Crippen LogP contribution in [0.4, 0.5) is 14.6 Å². The molecule has 0 bridgehead atoms. The van der Waals surface area contributed by atoms with E-state index in [0.717, 1.165) is 46.7 Å². The molecule has 6 heterocycles. The highest BCUT2D eigenvalue weighted by Gasteiger charge is 2.51. The van der Waals surface area contributed by atoms with Crippen LogP contribution in [0.5, 0.6) is 6.01 Å². The minimum atomic E-state index is -0.939. The first-order valence-electron chi connectivity index (χ1n) is 15.1. The lowest BCUT2D eigenvalue weighted by Crippen LogP contribution is -2.63. The Morgan fingerprint density at radius 3 is 2.89 bits per heavy atom. The molecule has 11 heteroatoms. The van der Waals surface area contributed by atoms with Gasteiger partial charge in [0, 0.05) is 65.2 Å². The molecule has 4 saturated heterocycles. The van der Waals surface area contributed by atoms with Gasteiger partial charge in [0.05, 0.1) is 23.1 Å². The number of hydrogen-bond donors (Lipinski definition) is 0. The highest BCUT2D eigenvalue weighted by atomic mass is 35.5. The first-order valence-corrected chi connectivity index (χ1v) is 15.5. The van der Waals surface area contributed by atoms with E-state index < -0.39 is 17.9 Å². The second kappa shape index (κ2) is 10.3. The van der Waals surface area contributed by atoms with Crippen molar-refractivity contribution in [2.24, 2.45) is 0 Å². The average Bonchev–Trinajstić information content (AvgIpc) is 3.64. The average molecular weight is 617 g/mol. The summed E-state index contributed by atoms with van der Waals surface area (Å²) in [7, 11) is 0. The van der Waals surface area contributed by atoms with Gasteiger partial charge in [-0.05, 0) is 49.6 Å². The van der Waals surface area contributed by atoms with Crippen LogP contribution in [0.25, 0.3) is 32.8 Å². The van der Waals surface area contributed by atoms with Gasteiger partial charge in [0.15, 0.2) is 5.83 Å². The van der Waals surface area contributed by atoms with E-state index in [1.165, 1.54) is 0 Å². The predicted molar refractivity (Wildman–Crippen MR) is 165 cm³/mol. The molecule has 0 radical (unpaired) electrons. The lowest BCUT2D eigenvalue weighted by Gasteiger charge is -2.47. The van der Waals surface area contributed by atoms with E-state index in [0.29, 0.717) is 55.4 Å². The number of benzene rings is 2. The minimum absolute atomic E-state index is 0.00366. The van der Waals surface area contributed by atoms with E-state index in [-0.39, 0.29) is 23.6 Å². The summed E-state index contributed by atoms with van der Waals surface area (Å²) >= 11 is 6.64. The van der Waals surface area contributed by atoms with Crippen LogP contribution in [-0.2, 0) is 4.79 Å². The summed E-state index contributed by atoms with van der Waals surface area (Å²) in [4.78, 5) is 32.5. The molecule has 8 nitrogen and oxygen atoms in total. The number of pyridine rings is 1. The van der Waals surface area contributed by atoms with Crippen molar-refractivity contribution in [3.8, 4) is 17.1 Å². The molecule has 226 valence electrons. The largest absolute Gasteiger partial charge is 0.461 e. The monoisotopic (exact) mass is 616 g/mol. The summed E-state index contributed by atoms with van der Waals surface area (Å²) in [5.41, 5.74) is 2.14. The van der Waals surface area contributed by atoms with Gasteiger partial charge in [0.1, 0.15) is 18.6 Å². The fourth-order valence-electron chi connectivity index (χ4n) is 7.87. The number of fused-ring (bicyclic) bond motifs is 4. The first kappa shape index (κ1) is 27.6. The van der Waals surface area contributed by atoms with E-state index in [4.69, 9.17) is 26.3 Å². The molecular formula is C33H31ClF2N6O2. The Morgan fingerprint density at radius 2 is 2.02 bits per heavy atom. The molecule has 4 atom stereocenters. The lowest BCUT2D eigenvalue weighted by atomic mass is 9.95. The van der Waals surface area contributed by atoms with Gasteiger partial charge in [-0.2, -0.15) is 9.97 Å². The molecule has 0 saturated carbocycles. The Hall–Kier alpha value is -3.89. The molecule has 2 aromatic heterocycles. The fourth-order valence-corrected chi connectivity index (χ4v) is 8.15. The molecule has 4 fully saturated rings. The van der Waals surface area contributed by atoms with Crippen LogP contribution >= 0.6 is 11.6 Å². The van der Waals surface area contributed by atoms with Gasteiger partial charge in [-0.3, -0.25) is 14.7 Å². The van der Waals surface area contributed by atoms with Gasteiger partial charge in [-0.15, -0.1) is 0 Å². The van der Waals surface area contributed by atoms with Crippen molar-refractivity contribution >= 4 is 45.0 Å². The highest BCUT2D eigenvalue weighted by molar-refractivity contribution is 6.36. The summed E-state index contributed by atoms with van der Waals surface area (Å²) in [6.07, 6.45) is 5.78. The number of anilines is 1. The van der Waals surface area contributed by atoms with Crippen molar-refractivity contribution in [1.29, 1.82) is 0 Å². The molecule has 8 rings (SSSR count). The van der Waals surface area contributed by atoms with E-state index in [1.807, 2.05) is 36.4 Å². The molecule has 2 aromatic carbocycles. The van der Waals surface area contributed by atoms with E-state index in [9.17, 15) is 13.6 Å². The van der Waals surface area contributed by atoms with Crippen molar-refractivity contribution in [3.05, 3.63) is 66.2 Å². The lowest BCUT2D eigenvalue weighted by molar-refractivity contribution is -0.130. The topological polar surface area (TPSA) is 74.7 Å². The van der Waals surface area contributed by atoms with Crippen molar-refractivity contribution in [3.63, 3.8) is 0 Å². The zero-order chi connectivity index (χ0) is 30.2. The number of nitrogens with zero attached hydrogens (tertiary/aromatic N) is 6. The summed E-state index contributed by atoms with van der Waals surface area (Å²) in [6, 6.07) is 11.9. The summed E-state index contributed by atoms with van der Waals surface area (Å²) < 4.78 is 34.5. The van der Waals surface area contributed by atoms with Gasteiger partial charge >= 0.3 is 6.01 Å². The van der Waals surface area contributed by atoms with Crippen LogP contribution in [-0.4, -0.2) is 87.2 Å². The van der Waals surface area contributed by atoms with Crippen LogP contribution < -0.4 is 9.64 Å². The molecule has 44 heavy (non-hydrogen) atoms. The van der Waals surface area contributed by atoms with Crippen LogP contribution in [0.15, 0.2) is 61.2 Å². The number of aromatic nitrogens is 3. The fraction of sp³-hybridized carbons (Fsp3) is 0.394. The normalized spacial score (nSPS) is 26.2. The SMILES string of the molecule is C=C(F)C(=O)N1CC[C@@H]2[C@H]1CN2c1nc(OC[C@@]23CCCN2C[C@H](F)C3)nc2cc(-c3cncc4cccc(Cl)c34)ccc12. The number of carbonyl (C=O) groups is 1. The minimum Gasteiger partial charge on any atom is -0.461 e. The van der Waals surface area contributed by atoms with Crippen LogP contribution in [0.2, 0.25) is 5.02 Å². The van der Waals surface area contributed by atoms with E-state index in [1.54, 1.807) is 17.3 Å². The Kier molecular flexibility index (Phi) is 6.50. The molecule has 4 aliphatic rings. The number of hydrogen-bond acceptors (Lipinski definition) is 7. The maximum absolute atomic E-state index is 14.4. The highest BCUT2D eigenvalue weighted by Crippen LogP contribution is 2.43. The number of amides is 1. The Labute approximate surface area is 258 Å². The number of alkyl halides is 1. The van der Waals surface area contributed by atoms with Crippen molar-refractivity contribution < 1.29 is 18.3 Å². The standard InChI is InChI=1S/C33H31ClF2N6O2/c1-19(35)31(43)41-11-8-27-28(41)17-42(27)30-23-7-6-20(24-15-37-14-21-4-2-5-25(34)29(21)24)12-26(23)38-32(39-30)44-18-33-9-3-10-40(33)16-22(36)13-33/h2,4-7,12,14-15,22,27-28H,1,3,8-11,13,16-18H2/t22-,27-,28-,33+/m1/s1. The summed E-state index contributed by atoms with van der Waals surface area (Å²) in [5, 5.41) is 3.32. The van der Waals surface area contributed by atoms with Crippen LogP contribution in [0, 0.1) is 0 Å². The smallest absolute Gasteiger partial charge is 0.319 e. The first-order chi connectivity index (χ1) is 21.3. The molecule has 0 N–H and O–H groups in total. The molecule has 4 aliphatic heterocycles. The number of ether oxygens (including phenoxy) is 1. The molecule has 0 unspecified atom stereocenters. The van der Waals surface area contributed by atoms with Gasteiger partial charge in [0.25, 0.3) is 5.91 Å². The predicted octanol–water partition coefficient (Wildman–Crippen LogP) is 5.73. The molecule has 0 aliphatic carbocycles. The summed E-state index contributed by atoms with van der Waals surface area (Å²) in [6.45, 7) is 5.80. The van der Waals surface area contributed by atoms with Crippen LogP contribution in [0.1, 0.15) is 25.7 Å². The van der Waals surface area contributed by atoms with Gasteiger partial charge in [-0.25, -0.2) is 8.78 Å². The number of likely N-dealkylation sites (tertiary alicyclic amines) is 1. The van der Waals surface area contributed by atoms with Gasteiger partial charge in [0.2, 0.25) is 0 Å². The third-order valence-corrected chi connectivity index (χ3v) is 10.3. The quantitative estimate of drug-likeness (QED) is 0.256. The summed E-state index contributed by atoms with van der Waals surface area (Å²) in [5.74, 6) is -0.884. The van der Waals surface area contributed by atoms with E-state index >= 15 is 0 Å². The second-order valence-corrected chi connectivity index (χ2v) is 12.8. The van der Waals surface area contributed by atoms with Crippen molar-refractivity contribution in [2.45, 2.75) is 49.5 Å². The Bertz CT molecular complexity index is 1830. The third kappa shape index (κ3) is 4.33. The van der Waals surface area contributed by atoms with Gasteiger partial charge in [-0.1, -0.05) is 36.4 Å². The third-order valence-electron chi connectivity index (χ3n) is 9.99. The molecule has 4 aromatic rings. The molecule has 1 amide bonds. The van der Waals surface area contributed by atoms with E-state index in [2.05, 4.69) is 21.4 Å². The maximum atomic E-state index is 14.4. The second-order valence-electron chi connectivity index (χ2n) is 12.4. The zero-order valence-corrected chi connectivity index (χ0v) is 24.8. The Morgan fingerprint density at radius 1 is 1.14 bits per heavy atom. The molecular weight excluding hydrogens is 586 g/mol.